The van der Waals surface area contributed by atoms with E-state index in [1.807, 2.05) is 30.5 Å². The summed E-state index contributed by atoms with van der Waals surface area (Å²) in [5.41, 5.74) is 7.22. The Kier molecular flexibility index (Phi) is 2.85. The second-order valence-electron chi connectivity index (χ2n) is 3.69. The molecule has 18 heavy (non-hydrogen) atoms. The van der Waals surface area contributed by atoms with Crippen LogP contribution in [0.5, 0.6) is 0 Å². The van der Waals surface area contributed by atoms with Crippen molar-refractivity contribution in [3.05, 3.63) is 47.9 Å². The minimum Gasteiger partial charge on any atom is -0.399 e. The number of rotatable bonds is 2. The monoisotopic (exact) mass is 276 g/mol. The number of aromatic nitrogens is 3. The Morgan fingerprint density at radius 2 is 1.94 bits per heavy atom. The molecule has 0 fully saturated rings. The lowest BCUT2D eigenvalue weighted by atomic mass is 10.3. The lowest BCUT2D eigenvalue weighted by Gasteiger charge is -2.03. The Morgan fingerprint density at radius 1 is 1.17 bits per heavy atom. The van der Waals surface area contributed by atoms with E-state index < -0.39 is 0 Å². The zero-order valence-corrected chi connectivity index (χ0v) is 10.8. The van der Waals surface area contributed by atoms with Gasteiger partial charge >= 0.3 is 0 Å². The molecule has 90 valence electrons. The van der Waals surface area contributed by atoms with Gasteiger partial charge in [0.15, 0.2) is 0 Å². The minimum atomic E-state index is 0.647. The van der Waals surface area contributed by atoms with Crippen LogP contribution >= 0.6 is 23.4 Å². The Labute approximate surface area is 113 Å². The largest absolute Gasteiger partial charge is 0.399 e. The molecule has 0 aliphatic rings. The summed E-state index contributed by atoms with van der Waals surface area (Å²) in [7, 11) is 0. The molecule has 0 saturated carbocycles. The molecule has 0 atom stereocenters. The normalized spacial score (nSPS) is 10.9. The summed E-state index contributed by atoms with van der Waals surface area (Å²) in [4.78, 5) is 5.33. The molecular formula is C12H9ClN4S. The quantitative estimate of drug-likeness (QED) is 0.731. The van der Waals surface area contributed by atoms with Crippen LogP contribution < -0.4 is 5.73 Å². The van der Waals surface area contributed by atoms with Gasteiger partial charge in [0, 0.05) is 16.8 Å². The predicted molar refractivity (Wildman–Crippen MR) is 73.0 cm³/mol. The highest BCUT2D eigenvalue weighted by Gasteiger charge is 2.09. The molecule has 3 aromatic rings. The molecule has 2 aromatic heterocycles. The molecule has 0 radical (unpaired) electrons. The number of hydrogen-bond donors (Lipinski definition) is 1. The maximum Gasteiger partial charge on any atom is 0.137 e. The Morgan fingerprint density at radius 3 is 2.72 bits per heavy atom. The third-order valence-electron chi connectivity index (χ3n) is 2.47. The van der Waals surface area contributed by atoms with Crippen molar-refractivity contribution >= 4 is 34.6 Å². The highest BCUT2D eigenvalue weighted by Crippen LogP contribution is 2.32. The van der Waals surface area contributed by atoms with Gasteiger partial charge in [-0.15, -0.1) is 0 Å². The van der Waals surface area contributed by atoms with Gasteiger partial charge in [-0.3, -0.25) is 0 Å². The maximum atomic E-state index is 6.14. The third-order valence-corrected chi connectivity index (χ3v) is 3.77. The molecule has 2 N–H and O–H groups in total. The molecule has 0 saturated heterocycles. The number of hydrogen-bond acceptors (Lipinski definition) is 4. The van der Waals surface area contributed by atoms with Crippen molar-refractivity contribution in [1.29, 1.82) is 0 Å². The molecule has 2 heterocycles. The number of nitrogens with zero attached hydrogens (tertiary/aromatic N) is 3. The molecular weight excluding hydrogens is 268 g/mol. The summed E-state index contributed by atoms with van der Waals surface area (Å²) in [6.07, 6.45) is 3.33. The van der Waals surface area contributed by atoms with Crippen molar-refractivity contribution in [2.75, 3.05) is 5.73 Å². The first kappa shape index (κ1) is 11.4. The van der Waals surface area contributed by atoms with Crippen LogP contribution in [0.25, 0.3) is 5.52 Å². The van der Waals surface area contributed by atoms with E-state index in [9.17, 15) is 0 Å². The van der Waals surface area contributed by atoms with Crippen LogP contribution in [0.3, 0.4) is 0 Å². The van der Waals surface area contributed by atoms with Crippen LogP contribution in [-0.4, -0.2) is 14.6 Å². The molecule has 0 aliphatic heterocycles. The lowest BCUT2D eigenvalue weighted by Crippen LogP contribution is -1.93. The molecule has 0 unspecified atom stereocenters. The van der Waals surface area contributed by atoms with E-state index in [-0.39, 0.29) is 0 Å². The van der Waals surface area contributed by atoms with Crippen molar-refractivity contribution in [2.24, 2.45) is 0 Å². The molecule has 6 heteroatoms. The van der Waals surface area contributed by atoms with Gasteiger partial charge < -0.3 is 5.73 Å². The fourth-order valence-electron chi connectivity index (χ4n) is 1.61. The van der Waals surface area contributed by atoms with E-state index in [0.717, 1.165) is 21.1 Å². The first-order chi connectivity index (χ1) is 8.74. The lowest BCUT2D eigenvalue weighted by molar-refractivity contribution is 0.865. The highest BCUT2D eigenvalue weighted by atomic mass is 35.5. The standard InChI is InChI=1S/C12H9ClN4S/c13-10-5-6-17-11(10)12(15-7-16-17)18-9-3-1-8(14)2-4-9/h1-7H,14H2. The van der Waals surface area contributed by atoms with E-state index in [1.165, 1.54) is 18.1 Å². The first-order valence-corrected chi connectivity index (χ1v) is 6.45. The zero-order chi connectivity index (χ0) is 12.5. The van der Waals surface area contributed by atoms with E-state index in [0.29, 0.717) is 5.02 Å². The van der Waals surface area contributed by atoms with Crippen molar-refractivity contribution in [2.45, 2.75) is 9.92 Å². The van der Waals surface area contributed by atoms with Crippen LogP contribution in [-0.2, 0) is 0 Å². The molecule has 1 aromatic carbocycles. The van der Waals surface area contributed by atoms with E-state index >= 15 is 0 Å². The van der Waals surface area contributed by atoms with Gasteiger partial charge in [0.05, 0.1) is 5.02 Å². The van der Waals surface area contributed by atoms with Gasteiger partial charge in [-0.05, 0) is 30.3 Å². The van der Waals surface area contributed by atoms with E-state index in [4.69, 9.17) is 17.3 Å². The summed E-state index contributed by atoms with van der Waals surface area (Å²) in [5, 5.41) is 5.58. The predicted octanol–water partition coefficient (Wildman–Crippen LogP) is 3.12. The minimum absolute atomic E-state index is 0.647. The van der Waals surface area contributed by atoms with Crippen LogP contribution in [0.15, 0.2) is 52.8 Å². The smallest absolute Gasteiger partial charge is 0.137 e. The van der Waals surface area contributed by atoms with Gasteiger partial charge in [-0.2, -0.15) is 5.10 Å². The fraction of sp³-hybridized carbons (Fsp3) is 0. The van der Waals surface area contributed by atoms with Gasteiger partial charge in [-0.1, -0.05) is 23.4 Å². The van der Waals surface area contributed by atoms with Crippen LogP contribution in [0, 0.1) is 0 Å². The third kappa shape index (κ3) is 2.02. The number of benzene rings is 1. The molecule has 3 rings (SSSR count). The molecule has 0 amide bonds. The van der Waals surface area contributed by atoms with Crippen LogP contribution in [0.2, 0.25) is 5.02 Å². The highest BCUT2D eigenvalue weighted by molar-refractivity contribution is 7.99. The van der Waals surface area contributed by atoms with E-state index in [2.05, 4.69) is 10.1 Å². The summed E-state index contributed by atoms with van der Waals surface area (Å²) in [5.74, 6) is 0. The number of anilines is 1. The molecule has 0 spiro atoms. The number of nitrogens with two attached hydrogens (primary N) is 1. The molecule has 0 bridgehead atoms. The Hall–Kier alpha value is -1.72. The maximum absolute atomic E-state index is 6.14. The zero-order valence-electron chi connectivity index (χ0n) is 9.25. The summed E-state index contributed by atoms with van der Waals surface area (Å²) < 4.78 is 1.72. The molecule has 4 nitrogen and oxygen atoms in total. The average Bonchev–Trinajstić information content (AvgIpc) is 2.75. The first-order valence-electron chi connectivity index (χ1n) is 5.25. The van der Waals surface area contributed by atoms with Crippen molar-refractivity contribution < 1.29 is 0 Å². The van der Waals surface area contributed by atoms with E-state index in [1.54, 1.807) is 10.6 Å². The van der Waals surface area contributed by atoms with Gasteiger partial charge in [0.25, 0.3) is 0 Å². The van der Waals surface area contributed by atoms with Crippen LogP contribution in [0.1, 0.15) is 0 Å². The number of fused-ring (bicyclic) bond motifs is 1. The SMILES string of the molecule is Nc1ccc(Sc2ncnn3ccc(Cl)c23)cc1. The van der Waals surface area contributed by atoms with Crippen LogP contribution in [0.4, 0.5) is 5.69 Å². The second kappa shape index (κ2) is 4.51. The number of halogens is 1. The Bertz CT molecular complexity index is 693. The van der Waals surface area contributed by atoms with Crippen molar-refractivity contribution in [1.82, 2.24) is 14.6 Å². The van der Waals surface area contributed by atoms with Crippen molar-refractivity contribution in [3.8, 4) is 0 Å². The second-order valence-corrected chi connectivity index (χ2v) is 5.16. The summed E-state index contributed by atoms with van der Waals surface area (Å²) in [6, 6.07) is 9.43. The Balaban J connectivity index is 2.04. The molecule has 0 aliphatic carbocycles. The summed E-state index contributed by atoms with van der Waals surface area (Å²) in [6.45, 7) is 0. The fourth-order valence-corrected chi connectivity index (χ4v) is 2.80. The summed E-state index contributed by atoms with van der Waals surface area (Å²) >= 11 is 7.67. The number of nitrogen functional groups attached to an aromatic ring is 1. The van der Waals surface area contributed by atoms with Gasteiger partial charge in [0.1, 0.15) is 16.9 Å². The van der Waals surface area contributed by atoms with Gasteiger partial charge in [0.2, 0.25) is 0 Å². The average molecular weight is 277 g/mol. The topological polar surface area (TPSA) is 56.2 Å². The van der Waals surface area contributed by atoms with Gasteiger partial charge in [-0.25, -0.2) is 9.50 Å². The van der Waals surface area contributed by atoms with Crippen molar-refractivity contribution in [3.63, 3.8) is 0 Å².